The molecule has 0 spiro atoms. The molecule has 0 amide bonds. The number of nitrogens with two attached hydrogens (primary N) is 1. The summed E-state index contributed by atoms with van der Waals surface area (Å²) in [6, 6.07) is 14.0. The van der Waals surface area contributed by atoms with E-state index in [0.29, 0.717) is 0 Å². The van der Waals surface area contributed by atoms with Crippen LogP contribution in [-0.2, 0) is 0 Å². The number of fused-ring (bicyclic) bond motifs is 1. The van der Waals surface area contributed by atoms with E-state index in [9.17, 15) is 0 Å². The molecule has 0 radical (unpaired) electrons. The molecule has 0 bridgehead atoms. The van der Waals surface area contributed by atoms with Crippen molar-refractivity contribution in [3.8, 4) is 17.0 Å². The molecule has 0 aliphatic carbocycles. The molecule has 1 aromatic heterocycles. The number of nitrogens with zero attached hydrogens (tertiary/aromatic N) is 2. The highest BCUT2D eigenvalue weighted by Gasteiger charge is 2.09. The van der Waals surface area contributed by atoms with Crippen LogP contribution >= 0.6 is 15.9 Å². The molecule has 3 rings (SSSR count). The second kappa shape index (κ2) is 9.10. The van der Waals surface area contributed by atoms with Crippen LogP contribution in [0.1, 0.15) is 39.0 Å². The van der Waals surface area contributed by atoms with Crippen molar-refractivity contribution in [2.75, 3.05) is 0 Å². The van der Waals surface area contributed by atoms with E-state index >= 15 is 0 Å². The molecule has 3 aromatic rings. The maximum atomic E-state index is 6.11. The standard InChI is InChI=1S/C21H24BrN3O/c1-2-3-4-5-6-20(23)26-17-11-12-18-19(13-17)24-14-25-21(18)15-7-9-16(22)10-8-15/h7-14,20H,2-6,23H2,1H3. The van der Waals surface area contributed by atoms with Crippen LogP contribution < -0.4 is 10.5 Å². The van der Waals surface area contributed by atoms with Crippen molar-refractivity contribution in [2.24, 2.45) is 5.73 Å². The number of hydrogen-bond acceptors (Lipinski definition) is 4. The van der Waals surface area contributed by atoms with Crippen molar-refractivity contribution in [3.63, 3.8) is 0 Å². The summed E-state index contributed by atoms with van der Waals surface area (Å²) >= 11 is 3.47. The van der Waals surface area contributed by atoms with Crippen LogP contribution in [0.4, 0.5) is 0 Å². The van der Waals surface area contributed by atoms with Gasteiger partial charge in [0.25, 0.3) is 0 Å². The minimum absolute atomic E-state index is 0.280. The Morgan fingerprint density at radius 2 is 1.85 bits per heavy atom. The third-order valence-electron chi connectivity index (χ3n) is 4.36. The van der Waals surface area contributed by atoms with Crippen molar-refractivity contribution in [3.05, 3.63) is 53.3 Å². The zero-order chi connectivity index (χ0) is 18.4. The first-order valence-corrected chi connectivity index (χ1v) is 9.89. The van der Waals surface area contributed by atoms with Crippen molar-refractivity contribution in [1.29, 1.82) is 0 Å². The van der Waals surface area contributed by atoms with Crippen molar-refractivity contribution < 1.29 is 4.74 Å². The Kier molecular flexibility index (Phi) is 6.58. The van der Waals surface area contributed by atoms with Crippen LogP contribution in [0.25, 0.3) is 22.2 Å². The minimum atomic E-state index is -0.280. The Bertz CT molecular complexity index is 852. The molecule has 1 heterocycles. The molecule has 0 aliphatic rings. The minimum Gasteiger partial charge on any atom is -0.476 e. The number of unbranched alkanes of at least 4 members (excludes halogenated alkanes) is 3. The molecular weight excluding hydrogens is 390 g/mol. The van der Waals surface area contributed by atoms with Crippen LogP contribution in [0.2, 0.25) is 0 Å². The van der Waals surface area contributed by atoms with E-state index in [1.807, 2.05) is 42.5 Å². The van der Waals surface area contributed by atoms with Gasteiger partial charge in [-0.15, -0.1) is 0 Å². The van der Waals surface area contributed by atoms with Gasteiger partial charge in [0.05, 0.1) is 11.2 Å². The van der Waals surface area contributed by atoms with Gasteiger partial charge in [-0.3, -0.25) is 5.73 Å². The molecule has 5 heteroatoms. The predicted octanol–water partition coefficient (Wildman–Crippen LogP) is 5.69. The first kappa shape index (κ1) is 18.8. The molecular formula is C21H24BrN3O. The summed E-state index contributed by atoms with van der Waals surface area (Å²) in [6.45, 7) is 2.20. The summed E-state index contributed by atoms with van der Waals surface area (Å²) in [6.07, 6.45) is 6.95. The molecule has 1 atom stereocenters. The van der Waals surface area contributed by atoms with Crippen LogP contribution in [0.15, 0.2) is 53.3 Å². The fourth-order valence-corrected chi connectivity index (χ4v) is 3.22. The lowest BCUT2D eigenvalue weighted by Gasteiger charge is -2.15. The highest BCUT2D eigenvalue weighted by Crippen LogP contribution is 2.29. The van der Waals surface area contributed by atoms with Gasteiger partial charge < -0.3 is 4.74 Å². The third kappa shape index (κ3) is 4.80. The topological polar surface area (TPSA) is 61.0 Å². The summed E-state index contributed by atoms with van der Waals surface area (Å²) in [5.41, 5.74) is 8.93. The second-order valence-electron chi connectivity index (χ2n) is 6.41. The van der Waals surface area contributed by atoms with Crippen molar-refractivity contribution in [1.82, 2.24) is 9.97 Å². The second-order valence-corrected chi connectivity index (χ2v) is 7.33. The van der Waals surface area contributed by atoms with Crippen molar-refractivity contribution in [2.45, 2.75) is 45.3 Å². The number of rotatable bonds is 8. The summed E-state index contributed by atoms with van der Waals surface area (Å²) in [4.78, 5) is 8.86. The number of aromatic nitrogens is 2. The van der Waals surface area contributed by atoms with Gasteiger partial charge in [-0.1, -0.05) is 54.2 Å². The molecule has 0 fully saturated rings. The lowest BCUT2D eigenvalue weighted by atomic mass is 10.1. The average Bonchev–Trinajstić information content (AvgIpc) is 2.65. The Hall–Kier alpha value is -1.98. The quantitative estimate of drug-likeness (QED) is 0.380. The zero-order valence-electron chi connectivity index (χ0n) is 15.0. The Balaban J connectivity index is 1.76. The van der Waals surface area contributed by atoms with Gasteiger partial charge in [-0.25, -0.2) is 9.97 Å². The zero-order valence-corrected chi connectivity index (χ0v) is 16.6. The van der Waals surface area contributed by atoms with E-state index in [1.165, 1.54) is 19.3 Å². The first-order chi connectivity index (χ1) is 12.7. The SMILES string of the molecule is CCCCCCC(N)Oc1ccc2c(-c3ccc(Br)cc3)ncnc2c1. The number of hydrogen-bond donors (Lipinski definition) is 1. The largest absolute Gasteiger partial charge is 0.476 e. The lowest BCUT2D eigenvalue weighted by molar-refractivity contribution is 0.194. The summed E-state index contributed by atoms with van der Waals surface area (Å²) in [7, 11) is 0. The molecule has 2 N–H and O–H groups in total. The number of benzene rings is 2. The normalized spacial score (nSPS) is 12.3. The Morgan fingerprint density at radius 3 is 2.62 bits per heavy atom. The fourth-order valence-electron chi connectivity index (χ4n) is 2.95. The van der Waals surface area contributed by atoms with Gasteiger partial charge in [-0.2, -0.15) is 0 Å². The molecule has 0 aliphatic heterocycles. The van der Waals surface area contributed by atoms with E-state index in [2.05, 4.69) is 32.8 Å². The molecule has 26 heavy (non-hydrogen) atoms. The van der Waals surface area contributed by atoms with E-state index in [0.717, 1.165) is 45.2 Å². The average molecular weight is 414 g/mol. The maximum absolute atomic E-state index is 6.11. The molecule has 2 aromatic carbocycles. The van der Waals surface area contributed by atoms with E-state index < -0.39 is 0 Å². The molecule has 0 saturated carbocycles. The maximum Gasteiger partial charge on any atom is 0.147 e. The first-order valence-electron chi connectivity index (χ1n) is 9.10. The van der Waals surface area contributed by atoms with E-state index in [4.69, 9.17) is 10.5 Å². The van der Waals surface area contributed by atoms with Crippen LogP contribution in [0.5, 0.6) is 5.75 Å². The molecule has 4 nitrogen and oxygen atoms in total. The van der Waals surface area contributed by atoms with Gasteiger partial charge in [0, 0.05) is 21.5 Å². The predicted molar refractivity (Wildman–Crippen MR) is 110 cm³/mol. The van der Waals surface area contributed by atoms with Gasteiger partial charge in [-0.05, 0) is 37.1 Å². The van der Waals surface area contributed by atoms with E-state index in [1.54, 1.807) is 6.33 Å². The summed E-state index contributed by atoms with van der Waals surface area (Å²) < 4.78 is 6.92. The molecule has 0 saturated heterocycles. The van der Waals surface area contributed by atoms with Crippen molar-refractivity contribution >= 4 is 26.8 Å². The molecule has 1 unspecified atom stereocenters. The summed E-state index contributed by atoms with van der Waals surface area (Å²) in [5.74, 6) is 0.751. The lowest BCUT2D eigenvalue weighted by Crippen LogP contribution is -2.26. The number of ether oxygens (including phenoxy) is 1. The summed E-state index contributed by atoms with van der Waals surface area (Å²) in [5, 5.41) is 0.999. The highest BCUT2D eigenvalue weighted by atomic mass is 79.9. The Labute approximate surface area is 162 Å². The smallest absolute Gasteiger partial charge is 0.147 e. The van der Waals surface area contributed by atoms with E-state index in [-0.39, 0.29) is 6.23 Å². The van der Waals surface area contributed by atoms with Gasteiger partial charge in [0.1, 0.15) is 18.3 Å². The van der Waals surface area contributed by atoms with Gasteiger partial charge in [0.15, 0.2) is 0 Å². The van der Waals surface area contributed by atoms with Gasteiger partial charge >= 0.3 is 0 Å². The molecule has 136 valence electrons. The highest BCUT2D eigenvalue weighted by molar-refractivity contribution is 9.10. The van der Waals surface area contributed by atoms with Crippen LogP contribution in [0, 0.1) is 0 Å². The fraction of sp³-hybridized carbons (Fsp3) is 0.333. The monoisotopic (exact) mass is 413 g/mol. The number of halogens is 1. The van der Waals surface area contributed by atoms with Gasteiger partial charge in [0.2, 0.25) is 0 Å². The van der Waals surface area contributed by atoms with Crippen LogP contribution in [0.3, 0.4) is 0 Å². The van der Waals surface area contributed by atoms with Crippen LogP contribution in [-0.4, -0.2) is 16.2 Å². The third-order valence-corrected chi connectivity index (χ3v) is 4.88. The Morgan fingerprint density at radius 1 is 1.04 bits per heavy atom.